The lowest BCUT2D eigenvalue weighted by molar-refractivity contribution is 0.685. The number of benzene rings is 1. The van der Waals surface area contributed by atoms with Gasteiger partial charge in [-0.3, -0.25) is 0 Å². The van der Waals surface area contributed by atoms with E-state index in [1.807, 2.05) is 30.0 Å². The van der Waals surface area contributed by atoms with Crippen LogP contribution in [0.5, 0.6) is 0 Å². The van der Waals surface area contributed by atoms with Crippen LogP contribution in [-0.2, 0) is 0 Å². The van der Waals surface area contributed by atoms with Crippen LogP contribution < -0.4 is 5.32 Å². The van der Waals surface area contributed by atoms with E-state index in [-0.39, 0.29) is 0 Å². The summed E-state index contributed by atoms with van der Waals surface area (Å²) in [5.41, 5.74) is 1.85. The number of thioether (sulfide) groups is 1. The van der Waals surface area contributed by atoms with Crippen molar-refractivity contribution in [2.75, 3.05) is 16.8 Å². The Hall–Kier alpha value is -1.27. The summed E-state index contributed by atoms with van der Waals surface area (Å²) in [7, 11) is 0. The number of halogens is 1. The van der Waals surface area contributed by atoms with E-state index in [9.17, 15) is 0 Å². The van der Waals surface area contributed by atoms with Gasteiger partial charge in [-0.25, -0.2) is 4.68 Å². The lowest BCUT2D eigenvalue weighted by Gasteiger charge is -2.24. The Balaban J connectivity index is 1.81. The molecule has 2 aromatic rings. The maximum Gasteiger partial charge on any atom is 0.143 e. The third kappa shape index (κ3) is 3.01. The number of hydrogen-bond donors (Lipinski definition) is 1. The summed E-state index contributed by atoms with van der Waals surface area (Å²) in [6.45, 7) is 0. The standard InChI is InChI=1S/C12H14ClN5S/c13-11-4-3-10(18-8-14-16-17-18)6-12(11)15-9-2-1-5-19-7-9/h3-4,6,8-9,15H,1-2,5,7H2. The minimum absolute atomic E-state index is 0.486. The summed E-state index contributed by atoms with van der Waals surface area (Å²) < 4.78 is 1.62. The van der Waals surface area contributed by atoms with Crippen LogP contribution in [0.25, 0.3) is 5.69 Å². The fraction of sp³-hybridized carbons (Fsp3) is 0.417. The summed E-state index contributed by atoms with van der Waals surface area (Å²) >= 11 is 8.23. The van der Waals surface area contributed by atoms with E-state index < -0.39 is 0 Å². The molecule has 1 aliphatic rings. The van der Waals surface area contributed by atoms with Gasteiger partial charge in [0.15, 0.2) is 0 Å². The second-order valence-electron chi connectivity index (χ2n) is 4.48. The number of nitrogens with zero attached hydrogens (tertiary/aromatic N) is 4. The molecule has 0 saturated carbocycles. The highest BCUT2D eigenvalue weighted by molar-refractivity contribution is 7.99. The summed E-state index contributed by atoms with van der Waals surface area (Å²) in [5, 5.41) is 15.4. The van der Waals surface area contributed by atoms with Crippen LogP contribution in [0.4, 0.5) is 5.69 Å². The molecule has 5 nitrogen and oxygen atoms in total. The van der Waals surface area contributed by atoms with E-state index in [0.29, 0.717) is 6.04 Å². The molecule has 0 amide bonds. The number of rotatable bonds is 3. The molecule has 1 N–H and O–H groups in total. The summed E-state index contributed by atoms with van der Waals surface area (Å²) in [4.78, 5) is 0. The smallest absolute Gasteiger partial charge is 0.143 e. The normalized spacial score (nSPS) is 19.3. The van der Waals surface area contributed by atoms with Crippen molar-refractivity contribution in [3.63, 3.8) is 0 Å². The first-order valence-electron chi connectivity index (χ1n) is 6.20. The highest BCUT2D eigenvalue weighted by Gasteiger charge is 2.15. The van der Waals surface area contributed by atoms with E-state index in [1.165, 1.54) is 18.6 Å². The SMILES string of the molecule is Clc1ccc(-n2cnnn2)cc1NC1CCCSC1. The van der Waals surface area contributed by atoms with Crippen molar-refractivity contribution in [3.8, 4) is 5.69 Å². The van der Waals surface area contributed by atoms with Gasteiger partial charge in [0.1, 0.15) is 6.33 Å². The van der Waals surface area contributed by atoms with Gasteiger partial charge in [0.05, 0.1) is 16.4 Å². The van der Waals surface area contributed by atoms with E-state index in [0.717, 1.165) is 22.2 Å². The first-order chi connectivity index (χ1) is 9.33. The van der Waals surface area contributed by atoms with Gasteiger partial charge in [-0.1, -0.05) is 11.6 Å². The molecular formula is C12H14ClN5S. The van der Waals surface area contributed by atoms with Crippen LogP contribution in [0.2, 0.25) is 5.02 Å². The molecule has 1 aromatic heterocycles. The second kappa shape index (κ2) is 5.79. The number of aromatic nitrogens is 4. The van der Waals surface area contributed by atoms with E-state index >= 15 is 0 Å². The van der Waals surface area contributed by atoms with E-state index in [1.54, 1.807) is 11.0 Å². The average molecular weight is 296 g/mol. The first kappa shape index (κ1) is 12.7. The minimum Gasteiger partial charge on any atom is -0.380 e. The molecule has 7 heteroatoms. The van der Waals surface area contributed by atoms with Crippen LogP contribution in [-0.4, -0.2) is 37.8 Å². The van der Waals surface area contributed by atoms with Crippen molar-refractivity contribution >= 4 is 29.1 Å². The van der Waals surface area contributed by atoms with Gasteiger partial charge in [-0.2, -0.15) is 11.8 Å². The fourth-order valence-electron chi connectivity index (χ4n) is 2.12. The second-order valence-corrected chi connectivity index (χ2v) is 6.03. The zero-order chi connectivity index (χ0) is 13.1. The van der Waals surface area contributed by atoms with E-state index in [4.69, 9.17) is 11.6 Å². The lowest BCUT2D eigenvalue weighted by Crippen LogP contribution is -2.25. The zero-order valence-electron chi connectivity index (χ0n) is 10.3. The molecular weight excluding hydrogens is 282 g/mol. The molecule has 1 aromatic carbocycles. The highest BCUT2D eigenvalue weighted by atomic mass is 35.5. The van der Waals surface area contributed by atoms with Crippen molar-refractivity contribution < 1.29 is 0 Å². The number of tetrazole rings is 1. The Morgan fingerprint density at radius 1 is 1.42 bits per heavy atom. The summed E-state index contributed by atoms with van der Waals surface area (Å²) in [6, 6.07) is 6.24. The third-order valence-electron chi connectivity index (χ3n) is 3.08. The fourth-order valence-corrected chi connectivity index (χ4v) is 3.36. The Labute approximate surface area is 120 Å². The molecule has 0 spiro atoms. The van der Waals surface area contributed by atoms with Crippen molar-refractivity contribution in [2.45, 2.75) is 18.9 Å². The molecule has 1 atom stereocenters. The maximum atomic E-state index is 6.25. The minimum atomic E-state index is 0.486. The molecule has 3 rings (SSSR count). The quantitative estimate of drug-likeness (QED) is 0.943. The molecule has 0 aliphatic carbocycles. The lowest BCUT2D eigenvalue weighted by atomic mass is 10.1. The number of hydrogen-bond acceptors (Lipinski definition) is 5. The van der Waals surface area contributed by atoms with Gasteiger partial charge in [-0.15, -0.1) is 5.10 Å². The van der Waals surface area contributed by atoms with Gasteiger partial charge in [0.2, 0.25) is 0 Å². The van der Waals surface area contributed by atoms with Crippen LogP contribution in [0, 0.1) is 0 Å². The molecule has 19 heavy (non-hydrogen) atoms. The van der Waals surface area contributed by atoms with Crippen molar-refractivity contribution in [3.05, 3.63) is 29.5 Å². The third-order valence-corrected chi connectivity index (χ3v) is 4.63. The van der Waals surface area contributed by atoms with E-state index in [2.05, 4.69) is 20.8 Å². The topological polar surface area (TPSA) is 55.6 Å². The Bertz CT molecular complexity index is 539. The zero-order valence-corrected chi connectivity index (χ0v) is 11.9. The molecule has 2 heterocycles. The molecule has 1 fully saturated rings. The molecule has 0 radical (unpaired) electrons. The van der Waals surface area contributed by atoms with Gasteiger partial charge >= 0.3 is 0 Å². The molecule has 1 unspecified atom stereocenters. The highest BCUT2D eigenvalue weighted by Crippen LogP contribution is 2.28. The van der Waals surface area contributed by atoms with Crippen molar-refractivity contribution in [1.82, 2.24) is 20.2 Å². The summed E-state index contributed by atoms with van der Waals surface area (Å²) in [5.74, 6) is 2.39. The van der Waals surface area contributed by atoms with Gasteiger partial charge < -0.3 is 5.32 Å². The summed E-state index contributed by atoms with van der Waals surface area (Å²) in [6.07, 6.45) is 4.02. The van der Waals surface area contributed by atoms with Gasteiger partial charge in [0, 0.05) is 11.8 Å². The molecule has 100 valence electrons. The Kier molecular flexibility index (Phi) is 3.89. The average Bonchev–Trinajstić information content (AvgIpc) is 2.96. The first-order valence-corrected chi connectivity index (χ1v) is 7.73. The molecule has 0 bridgehead atoms. The van der Waals surface area contributed by atoms with Crippen LogP contribution in [0.15, 0.2) is 24.5 Å². The number of anilines is 1. The maximum absolute atomic E-state index is 6.25. The van der Waals surface area contributed by atoms with Crippen LogP contribution in [0.3, 0.4) is 0 Å². The van der Waals surface area contributed by atoms with Crippen molar-refractivity contribution in [2.24, 2.45) is 0 Å². The van der Waals surface area contributed by atoms with Gasteiger partial charge in [-0.05, 0) is 47.2 Å². The Morgan fingerprint density at radius 2 is 2.37 bits per heavy atom. The largest absolute Gasteiger partial charge is 0.380 e. The van der Waals surface area contributed by atoms with Crippen LogP contribution >= 0.6 is 23.4 Å². The molecule has 1 aliphatic heterocycles. The van der Waals surface area contributed by atoms with Crippen LogP contribution in [0.1, 0.15) is 12.8 Å². The van der Waals surface area contributed by atoms with Gasteiger partial charge in [0.25, 0.3) is 0 Å². The molecule has 1 saturated heterocycles. The predicted molar refractivity (Wildman–Crippen MR) is 78.1 cm³/mol. The predicted octanol–water partition coefficient (Wildman–Crippen LogP) is 2.62. The Morgan fingerprint density at radius 3 is 3.11 bits per heavy atom. The van der Waals surface area contributed by atoms with Crippen molar-refractivity contribution in [1.29, 1.82) is 0 Å². The monoisotopic (exact) mass is 295 g/mol. The number of nitrogens with one attached hydrogen (secondary N) is 1.